The van der Waals surface area contributed by atoms with Crippen molar-refractivity contribution in [2.45, 2.75) is 81.3 Å². The molecule has 5 nitrogen and oxygen atoms in total. The summed E-state index contributed by atoms with van der Waals surface area (Å²) >= 11 is 3.11. The van der Waals surface area contributed by atoms with Crippen molar-refractivity contribution in [3.05, 3.63) is 56.7 Å². The highest BCUT2D eigenvalue weighted by molar-refractivity contribution is 8.00. The number of carbonyl (C=O) groups is 1. The van der Waals surface area contributed by atoms with Gasteiger partial charge in [-0.1, -0.05) is 54.9 Å². The van der Waals surface area contributed by atoms with Crippen LogP contribution in [0, 0.1) is 0 Å². The van der Waals surface area contributed by atoms with E-state index >= 15 is 0 Å². The van der Waals surface area contributed by atoms with E-state index in [4.69, 9.17) is 4.98 Å². The molecule has 0 radical (unpaired) electrons. The number of hydrogen-bond donors (Lipinski definition) is 1. The van der Waals surface area contributed by atoms with Crippen molar-refractivity contribution in [3.63, 3.8) is 0 Å². The van der Waals surface area contributed by atoms with E-state index in [1.54, 1.807) is 11.3 Å². The van der Waals surface area contributed by atoms with E-state index in [1.165, 1.54) is 28.6 Å². The van der Waals surface area contributed by atoms with Crippen molar-refractivity contribution < 1.29 is 4.79 Å². The van der Waals surface area contributed by atoms with Gasteiger partial charge in [0.2, 0.25) is 5.91 Å². The zero-order chi connectivity index (χ0) is 22.1. The van der Waals surface area contributed by atoms with Crippen molar-refractivity contribution in [1.29, 1.82) is 0 Å². The Labute approximate surface area is 196 Å². The molecule has 2 aromatic heterocycles. The molecule has 1 fully saturated rings. The zero-order valence-corrected chi connectivity index (χ0v) is 20.1. The van der Waals surface area contributed by atoms with Gasteiger partial charge in [0.1, 0.15) is 4.83 Å². The number of carbonyl (C=O) groups excluding carboxylic acids is 1. The number of aromatic nitrogens is 2. The van der Waals surface area contributed by atoms with Gasteiger partial charge in [0.25, 0.3) is 5.56 Å². The Morgan fingerprint density at radius 1 is 1.19 bits per heavy atom. The van der Waals surface area contributed by atoms with Gasteiger partial charge < -0.3 is 5.32 Å². The smallest absolute Gasteiger partial charge is 0.263 e. The molecule has 1 aromatic carbocycles. The van der Waals surface area contributed by atoms with Crippen LogP contribution in [-0.4, -0.2) is 20.7 Å². The van der Waals surface area contributed by atoms with Crippen LogP contribution in [-0.2, 0) is 24.2 Å². The number of nitrogens with zero attached hydrogens (tertiary/aromatic N) is 2. The van der Waals surface area contributed by atoms with Crippen LogP contribution in [0.1, 0.15) is 67.5 Å². The summed E-state index contributed by atoms with van der Waals surface area (Å²) in [6.07, 6.45) is 8.71. The summed E-state index contributed by atoms with van der Waals surface area (Å²) in [6, 6.07) is 10.1. The molecule has 1 N–H and O–H groups in total. The number of fused-ring (bicyclic) bond motifs is 3. The molecule has 0 aliphatic heterocycles. The van der Waals surface area contributed by atoms with E-state index < -0.39 is 0 Å². The average molecular weight is 468 g/mol. The van der Waals surface area contributed by atoms with Gasteiger partial charge in [-0.15, -0.1) is 11.3 Å². The van der Waals surface area contributed by atoms with Crippen molar-refractivity contribution in [2.24, 2.45) is 0 Å². The van der Waals surface area contributed by atoms with Crippen molar-refractivity contribution in [3.8, 4) is 0 Å². The highest BCUT2D eigenvalue weighted by atomic mass is 32.2. The Morgan fingerprint density at radius 2 is 1.94 bits per heavy atom. The van der Waals surface area contributed by atoms with Crippen LogP contribution in [0.2, 0.25) is 0 Å². The second-order valence-electron chi connectivity index (χ2n) is 8.86. The minimum Gasteiger partial charge on any atom is -0.351 e. The van der Waals surface area contributed by atoms with Crippen LogP contribution in [0.3, 0.4) is 0 Å². The largest absolute Gasteiger partial charge is 0.351 e. The highest BCUT2D eigenvalue weighted by Crippen LogP contribution is 2.38. The molecule has 32 heavy (non-hydrogen) atoms. The fourth-order valence-electron chi connectivity index (χ4n) is 4.91. The lowest BCUT2D eigenvalue weighted by Gasteiger charge is -2.20. The highest BCUT2D eigenvalue weighted by Gasteiger charge is 2.28. The number of nitrogens with one attached hydrogen (secondary N) is 1. The van der Waals surface area contributed by atoms with Gasteiger partial charge in [-0.2, -0.15) is 0 Å². The lowest BCUT2D eigenvalue weighted by Crippen LogP contribution is -2.32. The van der Waals surface area contributed by atoms with Crippen molar-refractivity contribution in [2.75, 3.05) is 0 Å². The minimum atomic E-state index is -0.328. The molecule has 2 heterocycles. The molecule has 1 atom stereocenters. The van der Waals surface area contributed by atoms with Crippen LogP contribution in [0.4, 0.5) is 0 Å². The number of benzene rings is 1. The Hall–Kier alpha value is -2.12. The predicted octanol–water partition coefficient (Wildman–Crippen LogP) is 5.25. The Morgan fingerprint density at radius 3 is 2.72 bits per heavy atom. The van der Waals surface area contributed by atoms with Crippen molar-refractivity contribution >= 4 is 39.2 Å². The number of amides is 1. The van der Waals surface area contributed by atoms with Gasteiger partial charge in [0.15, 0.2) is 5.16 Å². The lowest BCUT2D eigenvalue weighted by molar-refractivity contribution is -0.120. The van der Waals surface area contributed by atoms with Gasteiger partial charge >= 0.3 is 0 Å². The third-order valence-electron chi connectivity index (χ3n) is 6.64. The first-order valence-corrected chi connectivity index (χ1v) is 13.4. The predicted molar refractivity (Wildman–Crippen MR) is 132 cm³/mol. The lowest BCUT2D eigenvalue weighted by atomic mass is 9.97. The van der Waals surface area contributed by atoms with Gasteiger partial charge in [0.05, 0.1) is 10.6 Å². The summed E-state index contributed by atoms with van der Waals surface area (Å²) < 4.78 is 1.93. The Kier molecular flexibility index (Phi) is 6.37. The Bertz CT molecular complexity index is 1180. The van der Waals surface area contributed by atoms with E-state index in [9.17, 15) is 9.59 Å². The zero-order valence-electron chi connectivity index (χ0n) is 18.4. The maximum Gasteiger partial charge on any atom is 0.263 e. The summed E-state index contributed by atoms with van der Waals surface area (Å²) in [5, 5.41) is 4.25. The summed E-state index contributed by atoms with van der Waals surface area (Å²) in [5.41, 5.74) is 2.43. The fraction of sp³-hybridized carbons (Fsp3) is 0.480. The number of rotatable bonds is 6. The first-order chi connectivity index (χ1) is 15.6. The molecule has 7 heteroatoms. The van der Waals surface area contributed by atoms with Gasteiger partial charge in [0, 0.05) is 17.5 Å². The second kappa shape index (κ2) is 9.40. The molecule has 1 saturated carbocycles. The molecule has 2 aliphatic carbocycles. The quantitative estimate of drug-likeness (QED) is 0.397. The first-order valence-electron chi connectivity index (χ1n) is 11.7. The van der Waals surface area contributed by atoms with Gasteiger partial charge in [-0.05, 0) is 56.6 Å². The van der Waals surface area contributed by atoms with Crippen molar-refractivity contribution in [1.82, 2.24) is 14.9 Å². The minimum absolute atomic E-state index is 0.0309. The third kappa shape index (κ3) is 4.25. The summed E-state index contributed by atoms with van der Waals surface area (Å²) in [5.74, 6) is -0.0309. The number of hydrogen-bond acceptors (Lipinski definition) is 5. The first kappa shape index (κ1) is 21.7. The summed E-state index contributed by atoms with van der Waals surface area (Å²) in [7, 11) is 0. The van der Waals surface area contributed by atoms with Crippen LogP contribution in [0.25, 0.3) is 10.2 Å². The van der Waals surface area contributed by atoms with Crippen LogP contribution >= 0.6 is 23.1 Å². The molecular weight excluding hydrogens is 438 g/mol. The summed E-state index contributed by atoms with van der Waals surface area (Å²) in [6.45, 7) is 2.41. The van der Waals surface area contributed by atoms with E-state index in [0.717, 1.165) is 60.7 Å². The van der Waals surface area contributed by atoms with Crippen LogP contribution < -0.4 is 10.9 Å². The molecule has 1 amide bonds. The van der Waals surface area contributed by atoms with Crippen LogP contribution in [0.5, 0.6) is 0 Å². The van der Waals surface area contributed by atoms with Gasteiger partial charge in [-0.25, -0.2) is 4.98 Å². The molecule has 0 bridgehead atoms. The monoisotopic (exact) mass is 467 g/mol. The number of thiophene rings is 1. The fourth-order valence-corrected chi connectivity index (χ4v) is 7.21. The maximum atomic E-state index is 13.7. The molecular formula is C25H29N3O2S2. The molecule has 0 spiro atoms. The maximum absolute atomic E-state index is 13.7. The van der Waals surface area contributed by atoms with Crippen LogP contribution in [0.15, 0.2) is 40.3 Å². The van der Waals surface area contributed by atoms with E-state index in [0.29, 0.717) is 11.7 Å². The SMILES string of the molecule is C[C@H](Sc1nc2sc3c(c2c(=O)n1C1CCCC1)CCCC3)C(=O)NCc1ccccc1. The molecule has 5 rings (SSSR count). The average Bonchev–Trinajstić information content (AvgIpc) is 3.46. The molecule has 0 saturated heterocycles. The van der Waals surface area contributed by atoms with E-state index in [-0.39, 0.29) is 22.8 Å². The molecule has 2 aliphatic rings. The topological polar surface area (TPSA) is 64.0 Å². The standard InChI is InChI=1S/C25H29N3O2S2/c1-16(22(29)26-15-17-9-3-2-4-10-17)31-25-27-23-21(19-13-7-8-14-20(19)32-23)24(30)28(25)18-11-5-6-12-18/h2-4,9-10,16,18H,5-8,11-15H2,1H3,(H,26,29)/t16-/m0/s1. The normalized spacial score (nSPS) is 17.4. The molecule has 0 unspecified atom stereocenters. The summed E-state index contributed by atoms with van der Waals surface area (Å²) in [4.78, 5) is 33.7. The second-order valence-corrected chi connectivity index (χ2v) is 11.3. The number of aryl methyl sites for hydroxylation is 2. The molecule has 3 aromatic rings. The van der Waals surface area contributed by atoms with E-state index in [2.05, 4.69) is 5.32 Å². The van der Waals surface area contributed by atoms with Gasteiger partial charge in [-0.3, -0.25) is 14.2 Å². The van der Waals surface area contributed by atoms with E-state index in [1.807, 2.05) is 41.8 Å². The molecule has 168 valence electrons. The number of thioether (sulfide) groups is 1. The third-order valence-corrected chi connectivity index (χ3v) is 8.89. The Balaban J connectivity index is 1.45.